The molecule has 4 heteroatoms. The second-order valence-electron chi connectivity index (χ2n) is 5.41. The van der Waals surface area contributed by atoms with Crippen molar-refractivity contribution in [2.75, 3.05) is 19.6 Å². The number of carbonyl (C=O) groups is 1. The molecule has 17 heavy (non-hydrogen) atoms. The van der Waals surface area contributed by atoms with Crippen LogP contribution in [0, 0.1) is 0 Å². The molecular formula is C13H24N2O2. The monoisotopic (exact) mass is 240 g/mol. The molecule has 1 saturated carbocycles. The highest BCUT2D eigenvalue weighted by Crippen LogP contribution is 2.34. The lowest BCUT2D eigenvalue weighted by atomic mass is 9.97. The van der Waals surface area contributed by atoms with Gasteiger partial charge in [-0.25, -0.2) is 0 Å². The Labute approximate surface area is 103 Å². The van der Waals surface area contributed by atoms with E-state index in [1.54, 1.807) is 0 Å². The van der Waals surface area contributed by atoms with Crippen molar-refractivity contribution in [1.29, 1.82) is 0 Å². The van der Waals surface area contributed by atoms with Crippen LogP contribution in [0.15, 0.2) is 0 Å². The van der Waals surface area contributed by atoms with E-state index in [0.717, 1.165) is 38.9 Å². The highest BCUT2D eigenvalue weighted by atomic mass is 16.4. The summed E-state index contributed by atoms with van der Waals surface area (Å²) in [5, 5.41) is 12.6. The summed E-state index contributed by atoms with van der Waals surface area (Å²) in [5.74, 6) is -0.668. The van der Waals surface area contributed by atoms with Gasteiger partial charge in [-0.3, -0.25) is 4.79 Å². The maximum absolute atomic E-state index is 11.5. The van der Waals surface area contributed by atoms with E-state index in [4.69, 9.17) is 0 Å². The molecule has 0 bridgehead atoms. The molecule has 2 aliphatic rings. The minimum Gasteiger partial charge on any atom is -0.480 e. The van der Waals surface area contributed by atoms with Crippen LogP contribution in [0.4, 0.5) is 0 Å². The topological polar surface area (TPSA) is 52.6 Å². The third-order valence-electron chi connectivity index (χ3n) is 4.32. The Bertz CT molecular complexity index is 277. The molecule has 0 aromatic rings. The van der Waals surface area contributed by atoms with Gasteiger partial charge in [-0.05, 0) is 51.7 Å². The lowest BCUT2D eigenvalue weighted by Gasteiger charge is -2.33. The summed E-state index contributed by atoms with van der Waals surface area (Å²) in [5.41, 5.74) is -0.656. The van der Waals surface area contributed by atoms with Crippen LogP contribution >= 0.6 is 0 Å². The number of carboxylic acid groups (broad SMARTS) is 1. The van der Waals surface area contributed by atoms with E-state index in [-0.39, 0.29) is 0 Å². The molecule has 0 amide bonds. The molecule has 98 valence electrons. The number of likely N-dealkylation sites (tertiary alicyclic amines) is 1. The van der Waals surface area contributed by atoms with E-state index in [1.165, 1.54) is 19.3 Å². The third kappa shape index (κ3) is 2.63. The number of rotatable bonds is 4. The first kappa shape index (κ1) is 12.8. The van der Waals surface area contributed by atoms with Gasteiger partial charge in [-0.2, -0.15) is 0 Å². The van der Waals surface area contributed by atoms with E-state index < -0.39 is 11.5 Å². The molecule has 1 saturated heterocycles. The molecule has 0 radical (unpaired) electrons. The zero-order chi connectivity index (χ0) is 12.3. The molecule has 2 fully saturated rings. The fourth-order valence-corrected chi connectivity index (χ4v) is 3.38. The molecule has 1 aliphatic carbocycles. The molecule has 2 rings (SSSR count). The van der Waals surface area contributed by atoms with Gasteiger partial charge in [0.15, 0.2) is 0 Å². The Hall–Kier alpha value is -0.610. The average molecular weight is 240 g/mol. The van der Waals surface area contributed by atoms with Gasteiger partial charge in [0, 0.05) is 6.04 Å². The van der Waals surface area contributed by atoms with Crippen LogP contribution in [0.5, 0.6) is 0 Å². The lowest BCUT2D eigenvalue weighted by Crippen LogP contribution is -2.51. The Morgan fingerprint density at radius 1 is 1.41 bits per heavy atom. The largest absolute Gasteiger partial charge is 0.480 e. The molecule has 0 aromatic heterocycles. The predicted octanol–water partition coefficient (Wildman–Crippen LogP) is 1.46. The number of nitrogens with one attached hydrogen (secondary N) is 1. The highest BCUT2D eigenvalue weighted by Gasteiger charge is 2.46. The van der Waals surface area contributed by atoms with Crippen molar-refractivity contribution < 1.29 is 9.90 Å². The molecule has 1 heterocycles. The van der Waals surface area contributed by atoms with Crippen molar-refractivity contribution in [3.63, 3.8) is 0 Å². The van der Waals surface area contributed by atoms with E-state index in [1.807, 2.05) is 6.92 Å². The number of hydrogen-bond donors (Lipinski definition) is 2. The lowest BCUT2D eigenvalue weighted by molar-refractivity contribution is -0.144. The number of likely N-dealkylation sites (N-methyl/N-ethyl adjacent to an activating group) is 1. The first-order valence-corrected chi connectivity index (χ1v) is 6.90. The van der Waals surface area contributed by atoms with Crippen LogP contribution in [0.1, 0.15) is 45.4 Å². The fourth-order valence-electron chi connectivity index (χ4n) is 3.38. The first-order valence-electron chi connectivity index (χ1n) is 6.90. The van der Waals surface area contributed by atoms with Gasteiger partial charge < -0.3 is 15.3 Å². The maximum atomic E-state index is 11.5. The summed E-state index contributed by atoms with van der Waals surface area (Å²) in [6.45, 7) is 5.04. The third-order valence-corrected chi connectivity index (χ3v) is 4.32. The van der Waals surface area contributed by atoms with Gasteiger partial charge in [0.25, 0.3) is 0 Å². The van der Waals surface area contributed by atoms with E-state index in [2.05, 4.69) is 10.2 Å². The predicted molar refractivity (Wildman–Crippen MR) is 67.1 cm³/mol. The van der Waals surface area contributed by atoms with Crippen LogP contribution < -0.4 is 5.32 Å². The van der Waals surface area contributed by atoms with Crippen molar-refractivity contribution in [2.24, 2.45) is 0 Å². The van der Waals surface area contributed by atoms with Crippen LogP contribution in [0.3, 0.4) is 0 Å². The zero-order valence-electron chi connectivity index (χ0n) is 10.7. The normalized spacial score (nSPS) is 35.0. The first-order chi connectivity index (χ1) is 8.18. The van der Waals surface area contributed by atoms with Gasteiger partial charge in [0.1, 0.15) is 5.54 Å². The van der Waals surface area contributed by atoms with Gasteiger partial charge in [-0.1, -0.05) is 13.3 Å². The SMILES string of the molecule is CCNC1(C(=O)O)CCC(N2CCCCC2)C1. The van der Waals surface area contributed by atoms with E-state index in [9.17, 15) is 9.90 Å². The molecule has 1 aliphatic heterocycles. The second-order valence-corrected chi connectivity index (χ2v) is 5.41. The minimum atomic E-state index is -0.668. The average Bonchev–Trinajstić information content (AvgIpc) is 2.76. The Morgan fingerprint density at radius 3 is 2.71 bits per heavy atom. The van der Waals surface area contributed by atoms with Crippen LogP contribution in [-0.2, 0) is 4.79 Å². The quantitative estimate of drug-likeness (QED) is 0.781. The van der Waals surface area contributed by atoms with Gasteiger partial charge >= 0.3 is 5.97 Å². The van der Waals surface area contributed by atoms with E-state index >= 15 is 0 Å². The Morgan fingerprint density at radius 2 is 2.12 bits per heavy atom. The highest BCUT2D eigenvalue weighted by molar-refractivity contribution is 5.79. The van der Waals surface area contributed by atoms with Crippen molar-refractivity contribution >= 4 is 5.97 Å². The van der Waals surface area contributed by atoms with Crippen LogP contribution in [-0.4, -0.2) is 47.2 Å². The fraction of sp³-hybridized carbons (Fsp3) is 0.923. The summed E-state index contributed by atoms with van der Waals surface area (Å²) in [6.07, 6.45) is 6.46. The minimum absolute atomic E-state index is 0.477. The summed E-state index contributed by atoms with van der Waals surface area (Å²) < 4.78 is 0. The van der Waals surface area contributed by atoms with Crippen molar-refractivity contribution in [3.05, 3.63) is 0 Å². The molecule has 0 aromatic carbocycles. The van der Waals surface area contributed by atoms with Gasteiger partial charge in [0.2, 0.25) is 0 Å². The number of nitrogens with zero attached hydrogens (tertiary/aromatic N) is 1. The molecule has 2 atom stereocenters. The number of aliphatic carboxylic acids is 1. The smallest absolute Gasteiger partial charge is 0.323 e. The van der Waals surface area contributed by atoms with Crippen LogP contribution in [0.2, 0.25) is 0 Å². The summed E-state index contributed by atoms with van der Waals surface area (Å²) >= 11 is 0. The van der Waals surface area contributed by atoms with Crippen molar-refractivity contribution in [1.82, 2.24) is 10.2 Å². The summed E-state index contributed by atoms with van der Waals surface area (Å²) in [4.78, 5) is 14.0. The van der Waals surface area contributed by atoms with Crippen molar-refractivity contribution in [2.45, 2.75) is 57.0 Å². The maximum Gasteiger partial charge on any atom is 0.323 e. The molecular weight excluding hydrogens is 216 g/mol. The Balaban J connectivity index is 1.98. The second kappa shape index (κ2) is 5.36. The van der Waals surface area contributed by atoms with E-state index in [0.29, 0.717) is 6.04 Å². The zero-order valence-corrected chi connectivity index (χ0v) is 10.7. The number of hydrogen-bond acceptors (Lipinski definition) is 3. The molecule has 2 N–H and O–H groups in total. The standard InChI is InChI=1S/C13H24N2O2/c1-2-14-13(12(16)17)7-6-11(10-13)15-8-4-3-5-9-15/h11,14H,2-10H2,1H3,(H,16,17). The van der Waals surface area contributed by atoms with Gasteiger partial charge in [0.05, 0.1) is 0 Å². The molecule has 2 unspecified atom stereocenters. The Kier molecular flexibility index (Phi) is 4.05. The summed E-state index contributed by atoms with van der Waals surface area (Å²) in [7, 11) is 0. The molecule has 0 spiro atoms. The number of piperidine rings is 1. The summed E-state index contributed by atoms with van der Waals surface area (Å²) in [6, 6.07) is 0.477. The number of carboxylic acids is 1. The van der Waals surface area contributed by atoms with Crippen LogP contribution in [0.25, 0.3) is 0 Å². The van der Waals surface area contributed by atoms with Crippen molar-refractivity contribution in [3.8, 4) is 0 Å². The van der Waals surface area contributed by atoms with Gasteiger partial charge in [-0.15, -0.1) is 0 Å². The molecule has 4 nitrogen and oxygen atoms in total.